The Hall–Kier alpha value is -0.430. The topological polar surface area (TPSA) is 58.2 Å². The minimum atomic E-state index is -3.32. The summed E-state index contributed by atoms with van der Waals surface area (Å²) in [6, 6.07) is 4.33. The van der Waals surface area contributed by atoms with E-state index in [-0.39, 0.29) is 0 Å². The molecule has 116 valence electrons. The first-order valence-electron chi connectivity index (χ1n) is 7.89. The Bertz CT molecular complexity index is 626. The fraction of sp³-hybridized carbons (Fsp3) is 0.733. The second-order valence-corrected chi connectivity index (χ2v) is 10.00. The van der Waals surface area contributed by atoms with Crippen molar-refractivity contribution in [1.29, 1.82) is 0 Å². The van der Waals surface area contributed by atoms with Gasteiger partial charge in [-0.15, -0.1) is 11.3 Å². The monoisotopic (exact) mass is 326 g/mol. The van der Waals surface area contributed by atoms with Crippen molar-refractivity contribution in [3.05, 3.63) is 17.0 Å². The molecule has 1 aromatic rings. The summed E-state index contributed by atoms with van der Waals surface area (Å²) in [4.78, 5) is 1.10. The van der Waals surface area contributed by atoms with E-state index in [1.165, 1.54) is 49.9 Å². The summed E-state index contributed by atoms with van der Waals surface area (Å²) in [6.45, 7) is 1.42. The molecule has 0 saturated heterocycles. The molecule has 1 aromatic heterocycles. The van der Waals surface area contributed by atoms with Crippen molar-refractivity contribution in [2.45, 2.75) is 55.3 Å². The molecule has 0 unspecified atom stereocenters. The molecule has 1 heterocycles. The van der Waals surface area contributed by atoms with E-state index < -0.39 is 10.0 Å². The van der Waals surface area contributed by atoms with Crippen molar-refractivity contribution in [2.75, 3.05) is 6.54 Å². The molecular weight excluding hydrogens is 304 g/mol. The van der Waals surface area contributed by atoms with Crippen LogP contribution in [0.2, 0.25) is 0 Å². The summed E-state index contributed by atoms with van der Waals surface area (Å²) in [5.74, 6) is 0.779. The van der Waals surface area contributed by atoms with Crippen molar-refractivity contribution in [2.24, 2.45) is 11.3 Å². The van der Waals surface area contributed by atoms with Crippen molar-refractivity contribution in [3.8, 4) is 0 Å². The zero-order chi connectivity index (χ0) is 14.5. The molecule has 0 atom stereocenters. The fourth-order valence-electron chi connectivity index (χ4n) is 3.03. The number of rotatable bonds is 8. The third-order valence-electron chi connectivity index (χ3n) is 4.99. The third kappa shape index (κ3) is 3.18. The Labute approximate surface area is 130 Å². The molecule has 2 N–H and O–H groups in total. The summed E-state index contributed by atoms with van der Waals surface area (Å²) < 4.78 is 28.1. The first kappa shape index (κ1) is 14.2. The molecule has 0 spiro atoms. The molecule has 3 saturated carbocycles. The van der Waals surface area contributed by atoms with Crippen LogP contribution < -0.4 is 10.0 Å². The molecule has 0 aromatic carbocycles. The van der Waals surface area contributed by atoms with Gasteiger partial charge in [-0.25, -0.2) is 13.1 Å². The molecule has 21 heavy (non-hydrogen) atoms. The summed E-state index contributed by atoms with van der Waals surface area (Å²) >= 11 is 1.39. The lowest BCUT2D eigenvalue weighted by molar-refractivity contribution is 0.432. The second-order valence-electron chi connectivity index (χ2n) is 6.84. The predicted octanol–water partition coefficient (Wildman–Crippen LogP) is 2.47. The number of hydrogen-bond donors (Lipinski definition) is 2. The van der Waals surface area contributed by atoms with Crippen molar-refractivity contribution >= 4 is 21.4 Å². The molecule has 3 aliphatic carbocycles. The Morgan fingerprint density at radius 2 is 1.95 bits per heavy atom. The highest BCUT2D eigenvalue weighted by Crippen LogP contribution is 2.60. The van der Waals surface area contributed by atoms with Crippen molar-refractivity contribution in [1.82, 2.24) is 10.0 Å². The van der Waals surface area contributed by atoms with E-state index in [1.54, 1.807) is 6.07 Å². The Morgan fingerprint density at radius 3 is 2.57 bits per heavy atom. The lowest BCUT2D eigenvalue weighted by Crippen LogP contribution is -2.30. The van der Waals surface area contributed by atoms with Crippen LogP contribution in [0.1, 0.15) is 43.4 Å². The van der Waals surface area contributed by atoms with Gasteiger partial charge in [0.25, 0.3) is 0 Å². The summed E-state index contributed by atoms with van der Waals surface area (Å²) in [7, 11) is -3.32. The van der Waals surface area contributed by atoms with Crippen molar-refractivity contribution in [3.63, 3.8) is 0 Å². The molecule has 0 bridgehead atoms. The molecule has 0 aliphatic heterocycles. The van der Waals surface area contributed by atoms with E-state index in [1.807, 2.05) is 6.07 Å². The molecular formula is C15H22N2O2S2. The number of nitrogens with one attached hydrogen (secondary N) is 2. The van der Waals surface area contributed by atoms with Crippen molar-refractivity contribution < 1.29 is 8.42 Å². The minimum Gasteiger partial charge on any atom is -0.309 e. The van der Waals surface area contributed by atoms with E-state index in [9.17, 15) is 8.42 Å². The van der Waals surface area contributed by atoms with Gasteiger partial charge in [0, 0.05) is 24.0 Å². The van der Waals surface area contributed by atoms with Gasteiger partial charge in [-0.2, -0.15) is 0 Å². The van der Waals surface area contributed by atoms with Gasteiger partial charge in [-0.05, 0) is 62.0 Å². The zero-order valence-electron chi connectivity index (χ0n) is 12.1. The van der Waals surface area contributed by atoms with E-state index in [4.69, 9.17) is 0 Å². The molecule has 0 radical (unpaired) electrons. The van der Waals surface area contributed by atoms with Crippen LogP contribution in [0.4, 0.5) is 0 Å². The van der Waals surface area contributed by atoms with E-state index in [0.717, 1.165) is 17.3 Å². The first-order valence-corrected chi connectivity index (χ1v) is 10.2. The van der Waals surface area contributed by atoms with Gasteiger partial charge < -0.3 is 5.32 Å². The van der Waals surface area contributed by atoms with Gasteiger partial charge in [0.05, 0.1) is 0 Å². The van der Waals surface area contributed by atoms with Gasteiger partial charge in [0.2, 0.25) is 10.0 Å². The van der Waals surface area contributed by atoms with E-state index >= 15 is 0 Å². The lowest BCUT2D eigenvalue weighted by atomic mass is 10.0. The van der Waals surface area contributed by atoms with Crippen LogP contribution >= 0.6 is 11.3 Å². The number of hydrogen-bond acceptors (Lipinski definition) is 4. The molecule has 4 nitrogen and oxygen atoms in total. The third-order valence-corrected chi connectivity index (χ3v) is 7.97. The standard InChI is InChI=1S/C15H22N2O2S2/c18-21(19,17-10-15(7-8-15)11-1-2-11)14-6-5-13(20-14)9-16-12-3-4-12/h5-6,11-12,16-17H,1-4,7-10H2. The molecule has 4 rings (SSSR count). The Morgan fingerprint density at radius 1 is 1.19 bits per heavy atom. The fourth-order valence-corrected chi connectivity index (χ4v) is 5.52. The first-order chi connectivity index (χ1) is 10.1. The smallest absolute Gasteiger partial charge is 0.250 e. The minimum absolute atomic E-state index is 0.306. The number of sulfonamides is 1. The summed E-state index contributed by atoms with van der Waals surface area (Å²) in [6.07, 6.45) is 7.47. The maximum absolute atomic E-state index is 12.4. The van der Waals surface area contributed by atoms with E-state index in [0.29, 0.717) is 22.2 Å². The predicted molar refractivity (Wildman–Crippen MR) is 83.8 cm³/mol. The van der Waals surface area contributed by atoms with Gasteiger partial charge in [0.15, 0.2) is 0 Å². The SMILES string of the molecule is O=S(=O)(NCC1(C2CC2)CC1)c1ccc(CNC2CC2)s1. The normalized spacial score (nSPS) is 24.2. The van der Waals surface area contributed by atoms with E-state index in [2.05, 4.69) is 10.0 Å². The van der Waals surface area contributed by atoms with Crippen LogP contribution in [0.5, 0.6) is 0 Å². The van der Waals surface area contributed by atoms with Crippen LogP contribution in [0.25, 0.3) is 0 Å². The van der Waals surface area contributed by atoms with Crippen LogP contribution in [0.15, 0.2) is 16.3 Å². The molecule has 3 fully saturated rings. The maximum Gasteiger partial charge on any atom is 0.250 e. The van der Waals surface area contributed by atoms with Crippen LogP contribution in [0.3, 0.4) is 0 Å². The van der Waals surface area contributed by atoms with Crippen LogP contribution in [-0.2, 0) is 16.6 Å². The highest BCUT2D eigenvalue weighted by atomic mass is 32.2. The molecule has 0 amide bonds. The van der Waals surface area contributed by atoms with Gasteiger partial charge >= 0.3 is 0 Å². The second kappa shape index (κ2) is 5.05. The average molecular weight is 326 g/mol. The van der Waals surface area contributed by atoms with Crippen LogP contribution in [0, 0.1) is 11.3 Å². The highest BCUT2D eigenvalue weighted by Gasteiger charge is 2.53. The highest BCUT2D eigenvalue weighted by molar-refractivity contribution is 7.91. The van der Waals surface area contributed by atoms with Gasteiger partial charge in [0.1, 0.15) is 4.21 Å². The largest absolute Gasteiger partial charge is 0.309 e. The lowest BCUT2D eigenvalue weighted by Gasteiger charge is -2.14. The average Bonchev–Trinajstić information content (AvgIpc) is 3.31. The quantitative estimate of drug-likeness (QED) is 0.771. The molecule has 3 aliphatic rings. The Kier molecular flexibility index (Phi) is 3.41. The van der Waals surface area contributed by atoms with Crippen LogP contribution in [-0.4, -0.2) is 21.0 Å². The van der Waals surface area contributed by atoms with Gasteiger partial charge in [-0.1, -0.05) is 0 Å². The van der Waals surface area contributed by atoms with Gasteiger partial charge in [-0.3, -0.25) is 0 Å². The Balaban J connectivity index is 1.36. The maximum atomic E-state index is 12.4. The molecule has 6 heteroatoms. The number of thiophene rings is 1. The summed E-state index contributed by atoms with van der Waals surface area (Å²) in [5, 5.41) is 3.42. The summed E-state index contributed by atoms with van der Waals surface area (Å²) in [5.41, 5.74) is 0.306. The zero-order valence-corrected chi connectivity index (χ0v) is 13.7.